The molecule has 2 aromatic rings. The van der Waals surface area contributed by atoms with E-state index < -0.39 is 104 Å². The number of benzene rings is 2. The molecule has 0 bridgehead atoms. The van der Waals surface area contributed by atoms with Crippen molar-refractivity contribution in [3.05, 3.63) is 70.6 Å². The normalized spacial score (nSPS) is 31.7. The predicted molar refractivity (Wildman–Crippen MR) is 146 cm³/mol. The number of halogens is 7. The molecule has 6 atom stereocenters. The van der Waals surface area contributed by atoms with Gasteiger partial charge in [0.05, 0.1) is 11.8 Å². The Morgan fingerprint density at radius 3 is 2.02 bits per heavy atom. The van der Waals surface area contributed by atoms with Crippen molar-refractivity contribution in [1.29, 1.82) is 0 Å². The standard InChI is InChI=1S/C30H23Cl2F5N2O5/c1-28(2,3)39-24(41)14-8-7-13-15(16(14)25(39)42)10-29(31)26(43)38(23-21(36)19(34)18(33)20(35)22(23)37)27(44)30(29,32)17(13)11-5-4-6-12(40)9-11/h4-7,9,14-17,40H,8,10H2,1-3H3. The van der Waals surface area contributed by atoms with Gasteiger partial charge in [0.25, 0.3) is 11.8 Å². The van der Waals surface area contributed by atoms with Crippen LogP contribution in [0.15, 0.2) is 35.9 Å². The van der Waals surface area contributed by atoms with E-state index >= 15 is 8.78 Å². The maximum absolute atomic E-state index is 15.0. The van der Waals surface area contributed by atoms with Crippen LogP contribution in [0.2, 0.25) is 0 Å². The van der Waals surface area contributed by atoms with Crippen LogP contribution in [-0.4, -0.2) is 48.9 Å². The number of allylic oxidation sites excluding steroid dienone is 2. The molecule has 2 aliphatic carbocycles. The highest BCUT2D eigenvalue weighted by Gasteiger charge is 2.77. The van der Waals surface area contributed by atoms with Gasteiger partial charge in [-0.25, -0.2) is 26.9 Å². The molecule has 232 valence electrons. The molecule has 44 heavy (non-hydrogen) atoms. The number of alkyl halides is 2. The fourth-order valence-corrected chi connectivity index (χ4v) is 8.24. The van der Waals surface area contributed by atoms with Crippen molar-refractivity contribution in [2.75, 3.05) is 4.90 Å². The molecule has 2 heterocycles. The second kappa shape index (κ2) is 9.50. The Morgan fingerprint density at radius 1 is 0.864 bits per heavy atom. The van der Waals surface area contributed by atoms with E-state index in [2.05, 4.69) is 0 Å². The van der Waals surface area contributed by atoms with Crippen molar-refractivity contribution < 1.29 is 46.2 Å². The maximum Gasteiger partial charge on any atom is 0.258 e. The Morgan fingerprint density at radius 2 is 1.45 bits per heavy atom. The lowest BCUT2D eigenvalue weighted by molar-refractivity contribution is -0.145. The van der Waals surface area contributed by atoms with E-state index in [4.69, 9.17) is 23.2 Å². The van der Waals surface area contributed by atoms with Crippen LogP contribution in [0, 0.1) is 46.8 Å². The molecule has 0 spiro atoms. The van der Waals surface area contributed by atoms with Gasteiger partial charge in [-0.2, -0.15) is 0 Å². The van der Waals surface area contributed by atoms with Gasteiger partial charge >= 0.3 is 0 Å². The lowest BCUT2D eigenvalue weighted by Crippen LogP contribution is -2.60. The van der Waals surface area contributed by atoms with Crippen molar-refractivity contribution >= 4 is 52.5 Å². The summed E-state index contributed by atoms with van der Waals surface area (Å²) in [5.41, 5.74) is -2.34. The van der Waals surface area contributed by atoms with Crippen LogP contribution in [0.1, 0.15) is 45.1 Å². The number of carbonyl (C=O) groups excluding carboxylic acids is 4. The Balaban J connectivity index is 1.60. The Labute approximate surface area is 257 Å². The average Bonchev–Trinajstić information content (AvgIpc) is 3.29. The van der Waals surface area contributed by atoms with E-state index in [-0.39, 0.29) is 22.6 Å². The second-order valence-electron chi connectivity index (χ2n) is 12.5. The van der Waals surface area contributed by atoms with Gasteiger partial charge in [-0.15, -0.1) is 23.2 Å². The van der Waals surface area contributed by atoms with Gasteiger partial charge in [0.15, 0.2) is 33.0 Å². The Bertz CT molecular complexity index is 1720. The fraction of sp³-hybridized carbons (Fsp3) is 0.400. The molecule has 1 saturated carbocycles. The molecule has 2 aromatic carbocycles. The molecule has 4 amide bonds. The third-order valence-corrected chi connectivity index (χ3v) is 10.5. The van der Waals surface area contributed by atoms with E-state index in [0.29, 0.717) is 5.57 Å². The van der Waals surface area contributed by atoms with E-state index in [0.717, 1.165) is 4.90 Å². The third-order valence-electron chi connectivity index (χ3n) is 9.10. The predicted octanol–water partition coefficient (Wildman–Crippen LogP) is 5.45. The first-order valence-corrected chi connectivity index (χ1v) is 14.3. The van der Waals surface area contributed by atoms with Crippen LogP contribution in [0.25, 0.3) is 0 Å². The highest BCUT2D eigenvalue weighted by atomic mass is 35.5. The van der Waals surface area contributed by atoms with Crippen LogP contribution in [-0.2, 0) is 19.2 Å². The zero-order valence-corrected chi connectivity index (χ0v) is 24.7. The van der Waals surface area contributed by atoms with E-state index in [9.17, 15) is 37.5 Å². The van der Waals surface area contributed by atoms with E-state index in [1.165, 1.54) is 24.3 Å². The first-order chi connectivity index (χ1) is 20.4. The van der Waals surface area contributed by atoms with Crippen LogP contribution < -0.4 is 4.90 Å². The quantitative estimate of drug-likeness (QED) is 0.116. The smallest absolute Gasteiger partial charge is 0.258 e. The zero-order valence-electron chi connectivity index (χ0n) is 23.2. The summed E-state index contributed by atoms with van der Waals surface area (Å²) in [6.45, 7) is 5.00. The van der Waals surface area contributed by atoms with E-state index in [1.54, 1.807) is 26.8 Å². The topological polar surface area (TPSA) is 95.0 Å². The summed E-state index contributed by atoms with van der Waals surface area (Å²) in [6, 6.07) is 5.34. The lowest BCUT2D eigenvalue weighted by Gasteiger charge is -2.50. The van der Waals surface area contributed by atoms with Gasteiger partial charge in [0.2, 0.25) is 17.6 Å². The van der Waals surface area contributed by atoms with Gasteiger partial charge in [0.1, 0.15) is 11.4 Å². The minimum absolute atomic E-state index is 0.0364. The molecule has 7 nitrogen and oxygen atoms in total. The van der Waals surface area contributed by atoms with Crippen molar-refractivity contribution in [1.82, 2.24) is 4.90 Å². The molecule has 6 rings (SSSR count). The molecule has 2 aliphatic heterocycles. The summed E-state index contributed by atoms with van der Waals surface area (Å²) in [5.74, 6) is -21.0. The molecule has 4 aliphatic rings. The Hall–Kier alpha value is -3.51. The molecule has 6 unspecified atom stereocenters. The van der Waals surface area contributed by atoms with Gasteiger partial charge in [-0.1, -0.05) is 23.8 Å². The number of rotatable bonds is 2. The van der Waals surface area contributed by atoms with Gasteiger partial charge < -0.3 is 5.11 Å². The summed E-state index contributed by atoms with van der Waals surface area (Å²) < 4.78 is 72.5. The molecule has 0 aromatic heterocycles. The highest BCUT2D eigenvalue weighted by Crippen LogP contribution is 2.66. The maximum atomic E-state index is 15.0. The number of amides is 4. The molecular formula is C30H23Cl2F5N2O5. The number of phenols is 1. The molecular weight excluding hydrogens is 634 g/mol. The summed E-state index contributed by atoms with van der Waals surface area (Å²) in [4.78, 5) is 51.1. The fourth-order valence-electron chi connectivity index (χ4n) is 7.31. The number of hydrogen-bond acceptors (Lipinski definition) is 5. The number of fused-ring (bicyclic) bond motifs is 4. The number of anilines is 1. The minimum atomic E-state index is -2.63. The van der Waals surface area contributed by atoms with Crippen molar-refractivity contribution in [2.45, 2.75) is 54.8 Å². The van der Waals surface area contributed by atoms with Crippen LogP contribution in [0.3, 0.4) is 0 Å². The third kappa shape index (κ3) is 3.67. The number of hydrogen-bond donors (Lipinski definition) is 1. The van der Waals surface area contributed by atoms with E-state index in [1.807, 2.05) is 0 Å². The lowest BCUT2D eigenvalue weighted by atomic mass is 9.56. The summed E-state index contributed by atoms with van der Waals surface area (Å²) in [7, 11) is 0. The summed E-state index contributed by atoms with van der Waals surface area (Å²) in [5, 5.41) is 10.3. The molecule has 2 saturated heterocycles. The van der Waals surface area contributed by atoms with Gasteiger partial charge in [-0.05, 0) is 57.2 Å². The van der Waals surface area contributed by atoms with Crippen LogP contribution in [0.5, 0.6) is 5.75 Å². The Kier molecular flexibility index (Phi) is 6.59. The number of aromatic hydroxyl groups is 1. The van der Waals surface area contributed by atoms with Gasteiger partial charge in [-0.3, -0.25) is 24.1 Å². The molecule has 0 radical (unpaired) electrons. The first kappa shape index (κ1) is 30.5. The van der Waals surface area contributed by atoms with Crippen molar-refractivity contribution in [3.63, 3.8) is 0 Å². The first-order valence-electron chi connectivity index (χ1n) is 13.5. The largest absolute Gasteiger partial charge is 0.508 e. The van der Waals surface area contributed by atoms with Crippen LogP contribution >= 0.6 is 23.2 Å². The molecule has 1 N–H and O–H groups in total. The highest BCUT2D eigenvalue weighted by molar-refractivity contribution is 6.58. The average molecular weight is 657 g/mol. The second-order valence-corrected chi connectivity index (χ2v) is 13.7. The number of likely N-dealkylation sites (tertiary alicyclic amines) is 1. The van der Waals surface area contributed by atoms with Crippen LogP contribution in [0.4, 0.5) is 27.6 Å². The summed E-state index contributed by atoms with van der Waals surface area (Å²) in [6.07, 6.45) is 1.04. The zero-order chi connectivity index (χ0) is 32.4. The molecule has 3 fully saturated rings. The number of phenolic OH excluding ortho intramolecular Hbond substituents is 1. The van der Waals surface area contributed by atoms with Crippen molar-refractivity contribution in [2.24, 2.45) is 17.8 Å². The molecule has 14 heteroatoms. The number of nitrogens with zero attached hydrogens (tertiary/aromatic N) is 2. The summed E-state index contributed by atoms with van der Waals surface area (Å²) >= 11 is 14.0. The minimum Gasteiger partial charge on any atom is -0.508 e. The number of carbonyl (C=O) groups is 4. The number of imide groups is 2. The van der Waals surface area contributed by atoms with Gasteiger partial charge in [0, 0.05) is 11.5 Å². The monoisotopic (exact) mass is 656 g/mol. The SMILES string of the molecule is CC(C)(C)N1C(=O)C2CC=C3C(CC4(Cl)C(=O)N(c5c(F)c(F)c(F)c(F)c5F)C(=O)C4(Cl)C3c3cccc(O)c3)C2C1=O. The van der Waals surface area contributed by atoms with Crippen molar-refractivity contribution in [3.8, 4) is 5.75 Å².